The molecule has 2 aliphatic heterocycles. The molecule has 21 nitrogen and oxygen atoms in total. The van der Waals surface area contributed by atoms with Gasteiger partial charge in [0.25, 0.3) is 0 Å². The van der Waals surface area contributed by atoms with E-state index >= 15 is 0 Å². The molecule has 13 N–H and O–H groups in total. The molecular weight excluding hydrogens is 793 g/mol. The lowest BCUT2D eigenvalue weighted by Gasteiger charge is -2.28. The number of amides is 10. The lowest BCUT2D eigenvalue weighted by Crippen LogP contribution is -2.59. The zero-order chi connectivity index (χ0) is 44.2. The van der Waals surface area contributed by atoms with E-state index in [4.69, 9.17) is 10.9 Å². The number of aliphatic hydroxyl groups is 1. The number of hydrogen-bond acceptors (Lipinski definition) is 12. The largest absolute Gasteiger partial charge is 0.391 e. The number of unbranched alkanes of at least 4 members (excludes halogenated alkanes) is 2. The van der Waals surface area contributed by atoms with Crippen molar-refractivity contribution in [2.45, 2.75) is 134 Å². The van der Waals surface area contributed by atoms with Crippen LogP contribution in [0.15, 0.2) is 0 Å². The minimum atomic E-state index is -1.54. The van der Waals surface area contributed by atoms with Crippen molar-refractivity contribution in [3.05, 3.63) is 0 Å². The number of carbonyl (C=O) groups is 9. The highest BCUT2D eigenvalue weighted by molar-refractivity contribution is 8.00. The number of thioether (sulfide) groups is 1. The number of nitrogens with one attached hydrogen (secondary N) is 9. The van der Waals surface area contributed by atoms with Gasteiger partial charge in [-0.3, -0.25) is 43.6 Å². The maximum atomic E-state index is 13.2. The zero-order valence-corrected chi connectivity index (χ0v) is 35.3. The van der Waals surface area contributed by atoms with Crippen LogP contribution in [-0.2, 0) is 38.4 Å². The summed E-state index contributed by atoms with van der Waals surface area (Å²) < 4.78 is 0. The monoisotopic (exact) mass is 856 g/mol. The van der Waals surface area contributed by atoms with E-state index in [0.717, 1.165) is 25.0 Å². The predicted octanol–water partition coefficient (Wildman–Crippen LogP) is -2.23. The SMILES string of the molecule is CC(C)CC(CC(=O)NO)C(=O)N[C@H](C(=O)N[C@H](C(=O)NCC(=O)NCC(=O)N[C@@H](CCCCNC(=O)CCCC[C@@H]1SC[C@@H]2NC(=O)N[C@@H]21)C(N)=O)[C@@H](C)O)C(C)C. The maximum Gasteiger partial charge on any atom is 0.315 e. The molecule has 0 aromatic rings. The number of rotatable bonds is 27. The van der Waals surface area contributed by atoms with Gasteiger partial charge < -0.3 is 53.4 Å². The van der Waals surface area contributed by atoms with Crippen LogP contribution in [0.1, 0.15) is 92.4 Å². The molecule has 334 valence electrons. The lowest BCUT2D eigenvalue weighted by atomic mass is 9.92. The van der Waals surface area contributed by atoms with E-state index in [1.165, 1.54) is 12.4 Å². The van der Waals surface area contributed by atoms with Gasteiger partial charge in [-0.25, -0.2) is 10.3 Å². The number of aliphatic hydroxyl groups excluding tert-OH is 1. The Morgan fingerprint density at radius 2 is 1.46 bits per heavy atom. The van der Waals surface area contributed by atoms with Crippen LogP contribution in [-0.4, -0.2) is 131 Å². The van der Waals surface area contributed by atoms with Crippen LogP contribution < -0.4 is 53.7 Å². The molecule has 22 heteroatoms. The summed E-state index contributed by atoms with van der Waals surface area (Å²) >= 11 is 1.83. The van der Waals surface area contributed by atoms with Crippen molar-refractivity contribution in [2.24, 2.45) is 23.5 Å². The van der Waals surface area contributed by atoms with Crippen LogP contribution in [0.5, 0.6) is 0 Å². The first kappa shape index (κ1) is 50.4. The molecule has 0 aromatic heterocycles. The first-order chi connectivity index (χ1) is 27.8. The molecule has 0 radical (unpaired) electrons. The van der Waals surface area contributed by atoms with Gasteiger partial charge in [0.1, 0.15) is 18.1 Å². The minimum absolute atomic E-state index is 0.00862. The van der Waals surface area contributed by atoms with Crippen LogP contribution in [0.2, 0.25) is 0 Å². The van der Waals surface area contributed by atoms with E-state index in [-0.39, 0.29) is 49.2 Å². The number of carbonyl (C=O) groups excluding carboxylic acids is 9. The summed E-state index contributed by atoms with van der Waals surface area (Å²) in [4.78, 5) is 112. The summed E-state index contributed by atoms with van der Waals surface area (Å²) in [5, 5.41) is 40.3. The number of urea groups is 1. The first-order valence-electron chi connectivity index (χ1n) is 20.1. The van der Waals surface area contributed by atoms with Gasteiger partial charge in [-0.15, -0.1) is 0 Å². The predicted molar refractivity (Wildman–Crippen MR) is 216 cm³/mol. The number of hydrogen-bond donors (Lipinski definition) is 12. The molecule has 8 atom stereocenters. The van der Waals surface area contributed by atoms with Gasteiger partial charge in [-0.1, -0.05) is 34.1 Å². The quantitative estimate of drug-likeness (QED) is 0.0181. The number of nitrogens with two attached hydrogens (primary N) is 1. The van der Waals surface area contributed by atoms with Crippen LogP contribution in [0, 0.1) is 17.8 Å². The van der Waals surface area contributed by atoms with E-state index in [9.17, 15) is 48.3 Å². The summed E-state index contributed by atoms with van der Waals surface area (Å²) in [5.41, 5.74) is 6.95. The Balaban J connectivity index is 1.71. The van der Waals surface area contributed by atoms with E-state index < -0.39 is 90.5 Å². The van der Waals surface area contributed by atoms with Gasteiger partial charge in [0, 0.05) is 36.3 Å². The molecule has 2 saturated heterocycles. The Bertz CT molecular complexity index is 1480. The van der Waals surface area contributed by atoms with Crippen LogP contribution in [0.4, 0.5) is 4.79 Å². The molecule has 0 saturated carbocycles. The second-order valence-electron chi connectivity index (χ2n) is 15.8. The number of hydroxylamine groups is 1. The molecule has 10 amide bonds. The fourth-order valence-corrected chi connectivity index (χ4v) is 8.23. The molecule has 0 spiro atoms. The van der Waals surface area contributed by atoms with Gasteiger partial charge in [0.15, 0.2) is 0 Å². The van der Waals surface area contributed by atoms with Crippen LogP contribution in [0.3, 0.4) is 0 Å². The summed E-state index contributed by atoms with van der Waals surface area (Å²) in [6.45, 7) is 7.38. The summed E-state index contributed by atoms with van der Waals surface area (Å²) in [7, 11) is 0. The number of primary amides is 1. The van der Waals surface area contributed by atoms with Gasteiger partial charge in [-0.2, -0.15) is 11.8 Å². The maximum absolute atomic E-state index is 13.2. The van der Waals surface area contributed by atoms with Gasteiger partial charge >= 0.3 is 6.03 Å². The van der Waals surface area contributed by atoms with Crippen molar-refractivity contribution in [2.75, 3.05) is 25.4 Å². The van der Waals surface area contributed by atoms with Crippen molar-refractivity contribution in [1.82, 2.24) is 48.0 Å². The molecule has 2 rings (SSSR count). The fraction of sp³-hybridized carbons (Fsp3) is 0.757. The summed E-state index contributed by atoms with van der Waals surface area (Å²) in [6, 6.07) is -3.56. The van der Waals surface area contributed by atoms with Crippen molar-refractivity contribution < 1.29 is 53.5 Å². The first-order valence-corrected chi connectivity index (χ1v) is 21.2. The molecule has 59 heavy (non-hydrogen) atoms. The molecule has 1 unspecified atom stereocenters. The van der Waals surface area contributed by atoms with Crippen molar-refractivity contribution in [3.63, 3.8) is 0 Å². The molecule has 2 aliphatic rings. The Morgan fingerprint density at radius 3 is 2.08 bits per heavy atom. The van der Waals surface area contributed by atoms with E-state index in [1.54, 1.807) is 13.8 Å². The lowest BCUT2D eigenvalue weighted by molar-refractivity contribution is -0.138. The van der Waals surface area contributed by atoms with E-state index in [1.807, 2.05) is 25.6 Å². The molecular formula is C37H64N10O11S. The van der Waals surface area contributed by atoms with Crippen molar-refractivity contribution >= 4 is 65.1 Å². The third kappa shape index (κ3) is 18.4. The molecule has 2 fully saturated rings. The highest BCUT2D eigenvalue weighted by Gasteiger charge is 2.42. The molecule has 0 aliphatic carbocycles. The Morgan fingerprint density at radius 1 is 0.780 bits per heavy atom. The zero-order valence-electron chi connectivity index (χ0n) is 34.5. The average molecular weight is 857 g/mol. The van der Waals surface area contributed by atoms with E-state index in [2.05, 4.69) is 42.5 Å². The Labute approximate surface area is 348 Å². The third-order valence-corrected chi connectivity index (χ3v) is 11.4. The molecule has 0 bridgehead atoms. The van der Waals surface area contributed by atoms with Crippen molar-refractivity contribution in [1.29, 1.82) is 0 Å². The highest BCUT2D eigenvalue weighted by Crippen LogP contribution is 2.33. The van der Waals surface area contributed by atoms with Crippen molar-refractivity contribution in [3.8, 4) is 0 Å². The van der Waals surface area contributed by atoms with Gasteiger partial charge in [0.2, 0.25) is 47.3 Å². The third-order valence-electron chi connectivity index (χ3n) is 9.86. The van der Waals surface area contributed by atoms with E-state index in [0.29, 0.717) is 31.1 Å². The minimum Gasteiger partial charge on any atom is -0.391 e. The molecule has 0 aromatic carbocycles. The molecule has 2 heterocycles. The van der Waals surface area contributed by atoms with Gasteiger partial charge in [-0.05, 0) is 57.3 Å². The summed E-state index contributed by atoms with van der Waals surface area (Å²) in [5.74, 6) is -5.96. The normalized spacial score (nSPS) is 19.5. The second kappa shape index (κ2) is 25.7. The standard InChI is InChI=1S/C37H64N10O11S/c1-19(2)14-22(15-27(50)47-58)34(54)44-30(20(3)4)36(56)45-31(21(5)48)35(55)41-16-28(51)40-17-29(52)42-23(33(38)53)10-8-9-13-39-26(49)12-7-6-11-25-32-24(18-59-25)43-37(57)46-32/h19-25,30-32,48,58H,6-18H2,1-5H3,(H2,38,53)(H,39,49)(H,40,51)(H,41,55)(H,42,52)(H,44,54)(H,45,56)(H,47,50)(H2,43,46,57)/t21-,22?,23+,24+,25+,30+,31+,32+/m1/s1. The summed E-state index contributed by atoms with van der Waals surface area (Å²) in [6.07, 6.45) is 2.59. The average Bonchev–Trinajstić information content (AvgIpc) is 3.72. The van der Waals surface area contributed by atoms with Crippen LogP contribution in [0.25, 0.3) is 0 Å². The van der Waals surface area contributed by atoms with Gasteiger partial charge in [0.05, 0.1) is 31.3 Å². The smallest absolute Gasteiger partial charge is 0.315 e. The second-order valence-corrected chi connectivity index (χ2v) is 17.0. The Kier molecular flexibility index (Phi) is 22.0. The Hall–Kier alpha value is -4.70. The van der Waals surface area contributed by atoms with Crippen LogP contribution >= 0.6 is 11.8 Å². The topological polar surface area (TPSA) is 328 Å². The highest BCUT2D eigenvalue weighted by atomic mass is 32.2. The fourth-order valence-electron chi connectivity index (χ4n) is 6.69. The number of fused-ring (bicyclic) bond motifs is 1.